The molecule has 0 spiro atoms. The molecule has 4 N–H and O–H groups in total. The lowest BCUT2D eigenvalue weighted by Gasteiger charge is -2.03. The Morgan fingerprint density at radius 2 is 1.94 bits per heavy atom. The van der Waals surface area contributed by atoms with E-state index in [0.29, 0.717) is 0 Å². The monoisotopic (exact) mass is 245 g/mol. The van der Waals surface area contributed by atoms with Crippen LogP contribution in [0.25, 0.3) is 11.3 Å². The Morgan fingerprint density at radius 1 is 1.11 bits per heavy atom. The van der Waals surface area contributed by atoms with Gasteiger partial charge in [-0.25, -0.2) is 0 Å². The molecule has 0 aliphatic rings. The van der Waals surface area contributed by atoms with E-state index in [1.165, 1.54) is 0 Å². The first-order valence-corrected chi connectivity index (χ1v) is 6.27. The zero-order valence-electron chi connectivity index (χ0n) is 10.4. The van der Waals surface area contributed by atoms with Gasteiger partial charge in [0.05, 0.1) is 0 Å². The zero-order chi connectivity index (χ0) is 12.6. The maximum atomic E-state index is 5.45. The largest absolute Gasteiger partial charge is 0.330 e. The summed E-state index contributed by atoms with van der Waals surface area (Å²) in [5.41, 5.74) is 8.41. The second-order valence-corrected chi connectivity index (χ2v) is 4.16. The highest BCUT2D eigenvalue weighted by Gasteiger charge is 2.08. The van der Waals surface area contributed by atoms with Crippen molar-refractivity contribution in [2.45, 2.75) is 19.4 Å². The zero-order valence-corrected chi connectivity index (χ0v) is 10.4. The Balaban J connectivity index is 1.92. The number of unbranched alkanes of at least 4 members (excludes halogenated alkanes) is 1. The van der Waals surface area contributed by atoms with Crippen molar-refractivity contribution in [3.8, 4) is 11.3 Å². The van der Waals surface area contributed by atoms with Crippen LogP contribution in [0.4, 0.5) is 0 Å². The van der Waals surface area contributed by atoms with E-state index in [0.717, 1.165) is 49.4 Å². The molecule has 5 heteroatoms. The molecule has 0 unspecified atom stereocenters. The van der Waals surface area contributed by atoms with Crippen LogP contribution < -0.4 is 11.1 Å². The van der Waals surface area contributed by atoms with Gasteiger partial charge in [0.2, 0.25) is 0 Å². The molecule has 1 heterocycles. The molecule has 2 aromatic rings. The van der Waals surface area contributed by atoms with Crippen LogP contribution in [-0.4, -0.2) is 28.5 Å². The Labute approximate surface area is 107 Å². The Morgan fingerprint density at radius 3 is 2.72 bits per heavy atom. The van der Waals surface area contributed by atoms with Crippen LogP contribution >= 0.6 is 0 Å². The highest BCUT2D eigenvalue weighted by atomic mass is 15.3. The minimum Gasteiger partial charge on any atom is -0.330 e. The molecule has 1 aromatic carbocycles. The number of hydrogen-bond donors (Lipinski definition) is 3. The first-order valence-electron chi connectivity index (χ1n) is 6.27. The molecule has 0 radical (unpaired) electrons. The molecular weight excluding hydrogens is 226 g/mol. The Hall–Kier alpha value is -1.72. The van der Waals surface area contributed by atoms with Crippen molar-refractivity contribution >= 4 is 0 Å². The number of nitrogens with two attached hydrogens (primary N) is 1. The van der Waals surface area contributed by atoms with Gasteiger partial charge in [0.1, 0.15) is 11.4 Å². The summed E-state index contributed by atoms with van der Waals surface area (Å²) >= 11 is 0. The first-order chi connectivity index (χ1) is 8.92. The van der Waals surface area contributed by atoms with E-state index in [9.17, 15) is 0 Å². The fraction of sp³-hybridized carbons (Fsp3) is 0.385. The fourth-order valence-electron chi connectivity index (χ4n) is 1.80. The number of aromatic nitrogens is 3. The molecule has 96 valence electrons. The number of rotatable bonds is 7. The van der Waals surface area contributed by atoms with Gasteiger partial charge in [-0.05, 0) is 25.9 Å². The summed E-state index contributed by atoms with van der Waals surface area (Å²) in [5, 5.41) is 14.4. The van der Waals surface area contributed by atoms with Crippen LogP contribution in [0.2, 0.25) is 0 Å². The second kappa shape index (κ2) is 6.88. The Bertz CT molecular complexity index is 451. The molecule has 0 aliphatic carbocycles. The molecule has 0 saturated carbocycles. The topological polar surface area (TPSA) is 79.6 Å². The maximum Gasteiger partial charge on any atom is 0.117 e. The lowest BCUT2D eigenvalue weighted by atomic mass is 10.1. The van der Waals surface area contributed by atoms with Gasteiger partial charge in [-0.1, -0.05) is 30.3 Å². The predicted octanol–water partition coefficient (Wildman–Crippen LogP) is 1.30. The number of benzene rings is 1. The molecule has 0 saturated heterocycles. The quantitative estimate of drug-likeness (QED) is 0.642. The van der Waals surface area contributed by atoms with Crippen LogP contribution in [-0.2, 0) is 6.54 Å². The average Bonchev–Trinajstić information content (AvgIpc) is 2.88. The van der Waals surface area contributed by atoms with Crippen molar-refractivity contribution in [2.75, 3.05) is 13.1 Å². The fourth-order valence-corrected chi connectivity index (χ4v) is 1.80. The van der Waals surface area contributed by atoms with Crippen LogP contribution in [0.5, 0.6) is 0 Å². The molecule has 0 fully saturated rings. The smallest absolute Gasteiger partial charge is 0.117 e. The highest BCUT2D eigenvalue weighted by Crippen LogP contribution is 2.18. The molecule has 1 aromatic heterocycles. The maximum absolute atomic E-state index is 5.45. The third-order valence-electron chi connectivity index (χ3n) is 2.77. The standard InChI is InChI=1S/C13H19N5/c14-8-4-5-9-15-10-12-13(17-18-16-12)11-6-2-1-3-7-11/h1-3,6-7,15H,4-5,8-10,14H2,(H,16,17,18). The first kappa shape index (κ1) is 12.7. The van der Waals surface area contributed by atoms with Gasteiger partial charge in [0.15, 0.2) is 0 Å². The summed E-state index contributed by atoms with van der Waals surface area (Å²) in [4.78, 5) is 0. The summed E-state index contributed by atoms with van der Waals surface area (Å²) in [6.45, 7) is 2.44. The molecule has 18 heavy (non-hydrogen) atoms. The molecule has 5 nitrogen and oxygen atoms in total. The van der Waals surface area contributed by atoms with E-state index in [-0.39, 0.29) is 0 Å². The number of hydrogen-bond acceptors (Lipinski definition) is 4. The van der Waals surface area contributed by atoms with Crippen molar-refractivity contribution in [1.29, 1.82) is 0 Å². The van der Waals surface area contributed by atoms with E-state index in [4.69, 9.17) is 5.73 Å². The Kier molecular flexibility index (Phi) is 4.87. The van der Waals surface area contributed by atoms with Gasteiger partial charge in [-0.3, -0.25) is 0 Å². The van der Waals surface area contributed by atoms with Crippen molar-refractivity contribution < 1.29 is 0 Å². The summed E-state index contributed by atoms with van der Waals surface area (Å²) in [5.74, 6) is 0. The summed E-state index contributed by atoms with van der Waals surface area (Å²) in [6, 6.07) is 10.1. The summed E-state index contributed by atoms with van der Waals surface area (Å²) in [7, 11) is 0. The molecular formula is C13H19N5. The third-order valence-corrected chi connectivity index (χ3v) is 2.77. The van der Waals surface area contributed by atoms with Crippen LogP contribution in [0.15, 0.2) is 30.3 Å². The van der Waals surface area contributed by atoms with Gasteiger partial charge < -0.3 is 11.1 Å². The van der Waals surface area contributed by atoms with E-state index < -0.39 is 0 Å². The predicted molar refractivity (Wildman–Crippen MR) is 71.8 cm³/mol. The van der Waals surface area contributed by atoms with Crippen molar-refractivity contribution in [1.82, 2.24) is 20.7 Å². The highest BCUT2D eigenvalue weighted by molar-refractivity contribution is 5.60. The molecule has 0 atom stereocenters. The summed E-state index contributed by atoms with van der Waals surface area (Å²) < 4.78 is 0. The van der Waals surface area contributed by atoms with E-state index in [1.54, 1.807) is 0 Å². The van der Waals surface area contributed by atoms with E-state index >= 15 is 0 Å². The van der Waals surface area contributed by atoms with Crippen molar-refractivity contribution in [3.63, 3.8) is 0 Å². The van der Waals surface area contributed by atoms with Crippen molar-refractivity contribution in [3.05, 3.63) is 36.0 Å². The van der Waals surface area contributed by atoms with Crippen molar-refractivity contribution in [2.24, 2.45) is 5.73 Å². The number of nitrogens with zero attached hydrogens (tertiary/aromatic N) is 2. The molecule has 0 amide bonds. The lowest BCUT2D eigenvalue weighted by Crippen LogP contribution is -2.16. The average molecular weight is 245 g/mol. The van der Waals surface area contributed by atoms with Crippen LogP contribution in [0.3, 0.4) is 0 Å². The van der Waals surface area contributed by atoms with Gasteiger partial charge in [-0.2, -0.15) is 15.4 Å². The summed E-state index contributed by atoms with van der Waals surface area (Å²) in [6.07, 6.45) is 2.15. The SMILES string of the molecule is NCCCCNCc1n[nH]nc1-c1ccccc1. The minimum absolute atomic E-state index is 0.727. The number of nitrogens with one attached hydrogen (secondary N) is 2. The third kappa shape index (κ3) is 3.38. The van der Waals surface area contributed by atoms with Gasteiger partial charge >= 0.3 is 0 Å². The van der Waals surface area contributed by atoms with Gasteiger partial charge in [0, 0.05) is 12.1 Å². The normalized spacial score (nSPS) is 10.7. The van der Waals surface area contributed by atoms with E-state index in [1.807, 2.05) is 30.3 Å². The number of H-pyrrole nitrogens is 1. The second-order valence-electron chi connectivity index (χ2n) is 4.16. The molecule has 2 rings (SSSR count). The van der Waals surface area contributed by atoms with Crippen LogP contribution in [0, 0.1) is 0 Å². The minimum atomic E-state index is 0.727. The number of aromatic amines is 1. The molecule has 0 bridgehead atoms. The lowest BCUT2D eigenvalue weighted by molar-refractivity contribution is 0.620. The molecule has 0 aliphatic heterocycles. The van der Waals surface area contributed by atoms with Crippen LogP contribution in [0.1, 0.15) is 18.5 Å². The van der Waals surface area contributed by atoms with Gasteiger partial charge in [-0.15, -0.1) is 0 Å². The van der Waals surface area contributed by atoms with E-state index in [2.05, 4.69) is 20.7 Å². The van der Waals surface area contributed by atoms with Gasteiger partial charge in [0.25, 0.3) is 0 Å².